The van der Waals surface area contributed by atoms with Crippen LogP contribution >= 0.6 is 24.8 Å². The van der Waals surface area contributed by atoms with E-state index in [9.17, 15) is 9.59 Å². The van der Waals surface area contributed by atoms with Crippen molar-refractivity contribution < 1.29 is 9.59 Å². The molecule has 0 aliphatic carbocycles. The molecule has 27 heavy (non-hydrogen) atoms. The highest BCUT2D eigenvalue weighted by Gasteiger charge is 2.17. The van der Waals surface area contributed by atoms with Crippen molar-refractivity contribution >= 4 is 42.3 Å². The highest BCUT2D eigenvalue weighted by molar-refractivity contribution is 5.95. The summed E-state index contributed by atoms with van der Waals surface area (Å²) in [5, 5.41) is 5.35. The minimum absolute atomic E-state index is 0. The first-order valence-electron chi connectivity index (χ1n) is 9.10. The molecule has 4 N–H and O–H groups in total. The van der Waals surface area contributed by atoms with Gasteiger partial charge in [0.05, 0.1) is 12.6 Å². The molecule has 0 bridgehead atoms. The van der Waals surface area contributed by atoms with Crippen molar-refractivity contribution in [2.45, 2.75) is 39.2 Å². The second kappa shape index (κ2) is 12.9. The molecule has 1 aliphatic rings. The largest absolute Gasteiger partial charge is 0.346 e. The standard InChI is InChI=1S/C19H30N4O2.2ClH/c1-14(2)18(20)19(25)21-13-17(24)22-16-7-5-15(6-8-16)9-12-23-10-3-4-11-23;;/h5-8,14,18H,3-4,9-13,20H2,1-2H3,(H,21,25)(H,22,24);2*1H/t18-;;/m0../s1. The number of hydrogen-bond donors (Lipinski definition) is 3. The number of benzene rings is 1. The van der Waals surface area contributed by atoms with Crippen molar-refractivity contribution in [3.63, 3.8) is 0 Å². The maximum absolute atomic E-state index is 11.9. The number of carbonyl (C=O) groups is 2. The zero-order valence-corrected chi connectivity index (χ0v) is 17.7. The van der Waals surface area contributed by atoms with Crippen molar-refractivity contribution in [1.82, 2.24) is 10.2 Å². The fraction of sp³-hybridized carbons (Fsp3) is 0.579. The number of nitrogens with zero attached hydrogens (tertiary/aromatic N) is 1. The average molecular weight is 419 g/mol. The van der Waals surface area contributed by atoms with Crippen LogP contribution in [0.25, 0.3) is 0 Å². The van der Waals surface area contributed by atoms with E-state index in [0.717, 1.165) is 18.7 Å². The predicted molar refractivity (Wildman–Crippen MR) is 115 cm³/mol. The van der Waals surface area contributed by atoms with Gasteiger partial charge in [-0.3, -0.25) is 9.59 Å². The Labute approximate surface area is 174 Å². The lowest BCUT2D eigenvalue weighted by Gasteiger charge is -2.15. The Morgan fingerprint density at radius 2 is 1.70 bits per heavy atom. The summed E-state index contributed by atoms with van der Waals surface area (Å²) < 4.78 is 0. The van der Waals surface area contributed by atoms with E-state index in [2.05, 4.69) is 15.5 Å². The first-order chi connectivity index (χ1) is 12.0. The monoisotopic (exact) mass is 418 g/mol. The van der Waals surface area contributed by atoms with Gasteiger partial charge in [-0.25, -0.2) is 0 Å². The van der Waals surface area contributed by atoms with Crippen LogP contribution < -0.4 is 16.4 Å². The summed E-state index contributed by atoms with van der Waals surface area (Å²) in [6.07, 6.45) is 3.64. The molecular weight excluding hydrogens is 387 g/mol. The molecule has 8 heteroatoms. The van der Waals surface area contributed by atoms with E-state index >= 15 is 0 Å². The zero-order chi connectivity index (χ0) is 18.2. The maximum atomic E-state index is 11.9. The fourth-order valence-corrected chi connectivity index (χ4v) is 2.84. The Balaban J connectivity index is 0.00000338. The van der Waals surface area contributed by atoms with Crippen LogP contribution in [0.2, 0.25) is 0 Å². The quantitative estimate of drug-likeness (QED) is 0.603. The molecule has 1 aromatic carbocycles. The molecule has 0 saturated carbocycles. The molecule has 1 aromatic rings. The van der Waals surface area contributed by atoms with E-state index in [0.29, 0.717) is 0 Å². The summed E-state index contributed by atoms with van der Waals surface area (Å²) in [6.45, 7) is 7.18. The Morgan fingerprint density at radius 1 is 1.11 bits per heavy atom. The number of nitrogens with two attached hydrogens (primary N) is 1. The van der Waals surface area contributed by atoms with E-state index < -0.39 is 6.04 Å². The molecule has 2 rings (SSSR count). The van der Waals surface area contributed by atoms with Crippen LogP contribution in [0.3, 0.4) is 0 Å². The first-order valence-corrected chi connectivity index (χ1v) is 9.10. The SMILES string of the molecule is CC(C)[C@H](N)C(=O)NCC(=O)Nc1ccc(CCN2CCCC2)cc1.Cl.Cl. The van der Waals surface area contributed by atoms with Gasteiger partial charge in [0.15, 0.2) is 0 Å². The van der Waals surface area contributed by atoms with Crippen molar-refractivity contribution in [3.05, 3.63) is 29.8 Å². The maximum Gasteiger partial charge on any atom is 0.243 e. The normalized spacial score (nSPS) is 14.8. The number of likely N-dealkylation sites (tertiary alicyclic amines) is 1. The number of nitrogens with one attached hydrogen (secondary N) is 2. The zero-order valence-electron chi connectivity index (χ0n) is 16.1. The van der Waals surface area contributed by atoms with E-state index in [1.165, 1.54) is 31.5 Å². The number of amides is 2. The van der Waals surface area contributed by atoms with Gasteiger partial charge in [0, 0.05) is 12.2 Å². The average Bonchev–Trinajstić information content (AvgIpc) is 3.12. The molecule has 0 radical (unpaired) electrons. The van der Waals surface area contributed by atoms with E-state index in [1.54, 1.807) is 0 Å². The third-order valence-electron chi connectivity index (χ3n) is 4.60. The van der Waals surface area contributed by atoms with Gasteiger partial charge in [-0.1, -0.05) is 26.0 Å². The molecule has 1 fully saturated rings. The Hall–Kier alpha value is -1.34. The molecule has 1 aliphatic heterocycles. The highest BCUT2D eigenvalue weighted by atomic mass is 35.5. The molecule has 1 saturated heterocycles. The smallest absolute Gasteiger partial charge is 0.243 e. The fourth-order valence-electron chi connectivity index (χ4n) is 2.84. The van der Waals surface area contributed by atoms with Gasteiger partial charge < -0.3 is 21.3 Å². The number of halogens is 2. The van der Waals surface area contributed by atoms with Crippen molar-refractivity contribution in [2.75, 3.05) is 31.5 Å². The minimum Gasteiger partial charge on any atom is -0.346 e. The van der Waals surface area contributed by atoms with E-state index in [-0.39, 0.29) is 49.1 Å². The summed E-state index contributed by atoms with van der Waals surface area (Å²) in [5.41, 5.74) is 7.74. The summed E-state index contributed by atoms with van der Waals surface area (Å²) in [5.74, 6) is -0.521. The molecular formula is C19H32Cl2N4O2. The van der Waals surface area contributed by atoms with Crippen LogP contribution in [-0.2, 0) is 16.0 Å². The van der Waals surface area contributed by atoms with E-state index in [4.69, 9.17) is 5.73 Å². The second-order valence-electron chi connectivity index (χ2n) is 7.03. The molecule has 0 aromatic heterocycles. The Kier molecular flexibility index (Phi) is 12.3. The lowest BCUT2D eigenvalue weighted by Crippen LogP contribution is -2.46. The molecule has 0 unspecified atom stereocenters. The van der Waals surface area contributed by atoms with Crippen LogP contribution in [0, 0.1) is 5.92 Å². The molecule has 6 nitrogen and oxygen atoms in total. The summed E-state index contributed by atoms with van der Waals surface area (Å²) in [6, 6.07) is 7.29. The van der Waals surface area contributed by atoms with Gasteiger partial charge in [-0.15, -0.1) is 24.8 Å². The van der Waals surface area contributed by atoms with E-state index in [1.807, 2.05) is 38.1 Å². The predicted octanol–water partition coefficient (Wildman–Crippen LogP) is 2.21. The molecule has 1 heterocycles. The summed E-state index contributed by atoms with van der Waals surface area (Å²) >= 11 is 0. The van der Waals surface area contributed by atoms with Gasteiger partial charge in [-0.2, -0.15) is 0 Å². The van der Waals surface area contributed by atoms with Gasteiger partial charge in [0.25, 0.3) is 0 Å². The van der Waals surface area contributed by atoms with Crippen LogP contribution in [0.5, 0.6) is 0 Å². The molecule has 0 spiro atoms. The van der Waals surface area contributed by atoms with Crippen molar-refractivity contribution in [1.29, 1.82) is 0 Å². The van der Waals surface area contributed by atoms with Gasteiger partial charge >= 0.3 is 0 Å². The number of hydrogen-bond acceptors (Lipinski definition) is 4. The van der Waals surface area contributed by atoms with Crippen LogP contribution in [0.1, 0.15) is 32.3 Å². The van der Waals surface area contributed by atoms with Crippen LogP contribution in [-0.4, -0.2) is 48.9 Å². The van der Waals surface area contributed by atoms with Crippen molar-refractivity contribution in [3.8, 4) is 0 Å². The Morgan fingerprint density at radius 3 is 2.26 bits per heavy atom. The minimum atomic E-state index is -0.595. The van der Waals surface area contributed by atoms with Gasteiger partial charge in [-0.05, 0) is 56.0 Å². The lowest BCUT2D eigenvalue weighted by molar-refractivity contribution is -0.125. The third kappa shape index (κ3) is 8.93. The van der Waals surface area contributed by atoms with Gasteiger partial charge in [0.1, 0.15) is 0 Å². The molecule has 154 valence electrons. The summed E-state index contributed by atoms with van der Waals surface area (Å²) in [4.78, 5) is 26.2. The number of anilines is 1. The second-order valence-corrected chi connectivity index (χ2v) is 7.03. The van der Waals surface area contributed by atoms with Crippen LogP contribution in [0.4, 0.5) is 5.69 Å². The number of carbonyl (C=O) groups excluding carboxylic acids is 2. The van der Waals surface area contributed by atoms with Crippen LogP contribution in [0.15, 0.2) is 24.3 Å². The number of rotatable bonds is 8. The highest BCUT2D eigenvalue weighted by Crippen LogP contribution is 2.12. The van der Waals surface area contributed by atoms with Crippen molar-refractivity contribution in [2.24, 2.45) is 11.7 Å². The topological polar surface area (TPSA) is 87.5 Å². The lowest BCUT2D eigenvalue weighted by atomic mass is 10.1. The Bertz CT molecular complexity index is 576. The summed E-state index contributed by atoms with van der Waals surface area (Å²) in [7, 11) is 0. The molecule has 2 amide bonds. The first kappa shape index (κ1) is 25.7. The molecule has 1 atom stereocenters. The van der Waals surface area contributed by atoms with Gasteiger partial charge in [0.2, 0.25) is 11.8 Å². The third-order valence-corrected chi connectivity index (χ3v) is 4.60.